The topological polar surface area (TPSA) is 60.4 Å². The molecular weight excluding hydrogens is 492 g/mol. The van der Waals surface area contributed by atoms with Crippen LogP contribution in [0.3, 0.4) is 0 Å². The highest BCUT2D eigenvalue weighted by Crippen LogP contribution is 2.45. The summed E-state index contributed by atoms with van der Waals surface area (Å²) in [5.41, 5.74) is 9.49. The summed E-state index contributed by atoms with van der Waals surface area (Å²) in [5.74, 6) is 0.195. The van der Waals surface area contributed by atoms with Gasteiger partial charge in [-0.25, -0.2) is 0 Å². The second-order valence-electron chi connectivity index (χ2n) is 10.9. The van der Waals surface area contributed by atoms with E-state index in [4.69, 9.17) is 15.0 Å². The van der Waals surface area contributed by atoms with Crippen LogP contribution >= 0.6 is 0 Å². The largest absolute Gasteiger partial charge is 0.358 e. The first-order valence-corrected chi connectivity index (χ1v) is 14.2. The van der Waals surface area contributed by atoms with Crippen molar-refractivity contribution in [3.8, 4) is 0 Å². The number of hydrogen-bond donors (Lipinski definition) is 1. The van der Waals surface area contributed by atoms with Crippen LogP contribution < -0.4 is 0 Å². The number of aryl methyl sites for hydroxylation is 1. The number of fused-ring (bicyclic) bond motifs is 2. The van der Waals surface area contributed by atoms with Crippen LogP contribution in [0.5, 0.6) is 0 Å². The molecule has 6 nitrogen and oxygen atoms in total. The molecule has 6 heteroatoms. The van der Waals surface area contributed by atoms with Crippen molar-refractivity contribution in [2.24, 2.45) is 4.99 Å². The van der Waals surface area contributed by atoms with Crippen LogP contribution in [0.25, 0.3) is 10.9 Å². The van der Waals surface area contributed by atoms with Crippen molar-refractivity contribution in [3.63, 3.8) is 0 Å². The first kappa shape index (κ1) is 24.9. The normalized spacial score (nSPS) is 19.4. The molecule has 1 fully saturated rings. The molecule has 40 heavy (non-hydrogen) atoms. The summed E-state index contributed by atoms with van der Waals surface area (Å²) in [6, 6.07) is 30.0. The van der Waals surface area contributed by atoms with Gasteiger partial charge in [-0.3, -0.25) is 24.8 Å². The lowest BCUT2D eigenvalue weighted by molar-refractivity contribution is 0.0731. The summed E-state index contributed by atoms with van der Waals surface area (Å²) in [6.07, 6.45) is 3.84. The Balaban J connectivity index is 1.23. The van der Waals surface area contributed by atoms with E-state index in [1.807, 2.05) is 24.5 Å². The Hall–Kier alpha value is -4.13. The highest BCUT2D eigenvalue weighted by molar-refractivity contribution is 5.97. The first-order valence-electron chi connectivity index (χ1n) is 14.2. The molecule has 0 aliphatic carbocycles. The lowest BCUT2D eigenvalue weighted by atomic mass is 9.85. The molecule has 1 N–H and O–H groups in total. The fourth-order valence-corrected chi connectivity index (χ4v) is 6.83. The molecule has 5 aromatic rings. The molecule has 0 amide bonds. The predicted molar refractivity (Wildman–Crippen MR) is 161 cm³/mol. The summed E-state index contributed by atoms with van der Waals surface area (Å²) in [4.78, 5) is 23.6. The smallest absolute Gasteiger partial charge is 0.0800 e. The van der Waals surface area contributed by atoms with E-state index in [0.29, 0.717) is 0 Å². The number of piperazine rings is 1. The van der Waals surface area contributed by atoms with Gasteiger partial charge in [0.05, 0.1) is 29.2 Å². The number of nitrogens with one attached hydrogen (secondary N) is 1. The molecular formula is C34H34N6. The molecule has 3 aromatic heterocycles. The van der Waals surface area contributed by atoms with E-state index in [1.54, 1.807) is 0 Å². The third-order valence-corrected chi connectivity index (χ3v) is 8.62. The fraction of sp³-hybridized carbons (Fsp3) is 0.265. The van der Waals surface area contributed by atoms with Gasteiger partial charge in [0.2, 0.25) is 0 Å². The quantitative estimate of drug-likeness (QED) is 0.271. The maximum Gasteiger partial charge on any atom is 0.0800 e. The molecule has 2 aliphatic heterocycles. The molecule has 1 saturated heterocycles. The van der Waals surface area contributed by atoms with Gasteiger partial charge < -0.3 is 4.98 Å². The lowest BCUT2D eigenvalue weighted by Gasteiger charge is -2.44. The predicted octanol–water partition coefficient (Wildman–Crippen LogP) is 6.60. The van der Waals surface area contributed by atoms with E-state index in [2.05, 4.69) is 101 Å². The van der Waals surface area contributed by atoms with Crippen molar-refractivity contribution in [2.45, 2.75) is 31.8 Å². The van der Waals surface area contributed by atoms with Crippen LogP contribution in [0.15, 0.2) is 102 Å². The molecule has 5 heterocycles. The number of nitrogens with zero attached hydrogens (tertiary/aromatic N) is 5. The molecule has 0 unspecified atom stereocenters. The molecule has 2 aromatic carbocycles. The Morgan fingerprint density at radius 2 is 1.38 bits per heavy atom. The van der Waals surface area contributed by atoms with Crippen molar-refractivity contribution >= 4 is 22.3 Å². The Bertz CT molecular complexity index is 1650. The van der Waals surface area contributed by atoms with Gasteiger partial charge in [-0.05, 0) is 55.8 Å². The van der Waals surface area contributed by atoms with Crippen molar-refractivity contribution in [1.29, 1.82) is 0 Å². The summed E-state index contributed by atoms with van der Waals surface area (Å²) in [6.45, 7) is 8.13. The number of aromatic nitrogens is 3. The maximum absolute atomic E-state index is 4.97. The number of rotatable bonds is 6. The molecule has 0 bridgehead atoms. The summed E-state index contributed by atoms with van der Waals surface area (Å²) < 4.78 is 0. The monoisotopic (exact) mass is 526 g/mol. The van der Waals surface area contributed by atoms with Gasteiger partial charge in [-0.2, -0.15) is 0 Å². The van der Waals surface area contributed by atoms with Crippen LogP contribution in [0.4, 0.5) is 5.69 Å². The van der Waals surface area contributed by atoms with Crippen LogP contribution in [0, 0.1) is 6.92 Å². The Kier molecular flexibility index (Phi) is 6.50. The zero-order valence-corrected chi connectivity index (χ0v) is 23.0. The average molecular weight is 527 g/mol. The second kappa shape index (κ2) is 10.5. The summed E-state index contributed by atoms with van der Waals surface area (Å²) in [5, 5.41) is 1.28. The maximum atomic E-state index is 4.97. The molecule has 200 valence electrons. The van der Waals surface area contributed by atoms with E-state index in [0.717, 1.165) is 43.3 Å². The highest BCUT2D eigenvalue weighted by atomic mass is 15.3. The fourth-order valence-electron chi connectivity index (χ4n) is 6.83. The number of aromatic amines is 1. The van der Waals surface area contributed by atoms with E-state index in [1.165, 1.54) is 33.4 Å². The zero-order chi connectivity index (χ0) is 27.1. The van der Waals surface area contributed by atoms with Gasteiger partial charge in [0.25, 0.3) is 0 Å². The van der Waals surface area contributed by atoms with Gasteiger partial charge in [0.1, 0.15) is 0 Å². The molecule has 7 rings (SSSR count). The zero-order valence-electron chi connectivity index (χ0n) is 23.0. The van der Waals surface area contributed by atoms with Crippen molar-refractivity contribution < 1.29 is 0 Å². The summed E-state index contributed by atoms with van der Waals surface area (Å²) in [7, 11) is 0. The van der Waals surface area contributed by atoms with Crippen molar-refractivity contribution in [3.05, 3.63) is 126 Å². The van der Waals surface area contributed by atoms with Gasteiger partial charge >= 0.3 is 0 Å². The van der Waals surface area contributed by atoms with Crippen LogP contribution in [0.2, 0.25) is 0 Å². The van der Waals surface area contributed by atoms with Gasteiger partial charge in [-0.15, -0.1) is 0 Å². The third kappa shape index (κ3) is 4.34. The van der Waals surface area contributed by atoms with Crippen LogP contribution in [-0.2, 0) is 0 Å². The van der Waals surface area contributed by atoms with Crippen molar-refractivity contribution in [2.75, 3.05) is 26.2 Å². The lowest BCUT2D eigenvalue weighted by Crippen LogP contribution is -2.50. The number of aliphatic imine (C=N–C) groups is 1. The van der Waals surface area contributed by atoms with Crippen LogP contribution in [-0.4, -0.2) is 56.6 Å². The Labute approximate surface area is 235 Å². The average Bonchev–Trinajstić information content (AvgIpc) is 3.51. The first-order chi connectivity index (χ1) is 19.7. The molecule has 0 saturated carbocycles. The minimum Gasteiger partial charge on any atom is -0.358 e. The van der Waals surface area contributed by atoms with Crippen LogP contribution in [0.1, 0.15) is 53.1 Å². The number of pyridine rings is 2. The van der Waals surface area contributed by atoms with E-state index in [-0.39, 0.29) is 18.0 Å². The van der Waals surface area contributed by atoms with Crippen molar-refractivity contribution in [1.82, 2.24) is 24.8 Å². The number of para-hydroxylation sites is 2. The molecule has 0 radical (unpaired) electrons. The Morgan fingerprint density at radius 1 is 0.725 bits per heavy atom. The van der Waals surface area contributed by atoms with Gasteiger partial charge in [-0.1, -0.05) is 48.5 Å². The van der Waals surface area contributed by atoms with E-state index in [9.17, 15) is 0 Å². The minimum atomic E-state index is 0.0864. The summed E-state index contributed by atoms with van der Waals surface area (Å²) >= 11 is 0. The number of H-pyrrole nitrogens is 1. The molecule has 2 aliphatic rings. The number of benzene rings is 2. The molecule has 0 spiro atoms. The third-order valence-electron chi connectivity index (χ3n) is 8.62. The minimum absolute atomic E-state index is 0.0864. The number of hydrogen-bond acceptors (Lipinski definition) is 5. The van der Waals surface area contributed by atoms with Gasteiger partial charge in [0, 0.05) is 72.4 Å². The Morgan fingerprint density at radius 3 is 2.12 bits per heavy atom. The second-order valence-corrected chi connectivity index (χ2v) is 10.9. The van der Waals surface area contributed by atoms with E-state index >= 15 is 0 Å². The standard InChI is InChI=1S/C34H34N6/c1-23-31(25-11-3-5-13-27(25)37-23)33(29-15-7-9-17-35-29)39-19-21-40(22-20-39)34(30-16-8-10-18-36-30)32-24(2)38-28-14-6-4-12-26(28)32/h3-18,31,33-34,38H,19-22H2,1-2H3/t31-,33+,34+/m1/s1. The SMILES string of the molecule is CC1=Nc2ccccc2[C@@H]1[C@H](c1ccccn1)N1CCN([C@@H](c2ccccn2)c2c(C)[nH]c3ccccc23)CC1. The van der Waals surface area contributed by atoms with Gasteiger partial charge in [0.15, 0.2) is 0 Å². The molecule has 3 atom stereocenters. The van der Waals surface area contributed by atoms with E-state index < -0.39 is 0 Å². The highest BCUT2D eigenvalue weighted by Gasteiger charge is 2.39.